The van der Waals surface area contributed by atoms with Gasteiger partial charge in [0.2, 0.25) is 0 Å². The number of ether oxygens (including phenoxy) is 3. The highest BCUT2D eigenvalue weighted by Crippen LogP contribution is 2.16. The number of nitrogens with zero attached hydrogens (tertiary/aromatic N) is 1. The monoisotopic (exact) mass is 388 g/mol. The molecule has 26 heavy (non-hydrogen) atoms. The number of methoxy groups -OCH3 is 2. The molecule has 2 rings (SSSR count). The molecule has 8 nitrogen and oxygen atoms in total. The van der Waals surface area contributed by atoms with E-state index in [0.717, 1.165) is 13.1 Å². The normalized spacial score (nSPS) is 17.6. The van der Waals surface area contributed by atoms with Crippen molar-refractivity contribution < 1.29 is 42.1 Å². The van der Waals surface area contributed by atoms with Gasteiger partial charge in [0.15, 0.2) is 0 Å². The van der Waals surface area contributed by atoms with Crippen LogP contribution >= 0.6 is 0 Å². The van der Waals surface area contributed by atoms with Crippen LogP contribution in [0.5, 0.6) is 0 Å². The maximum atomic E-state index is 11.4. The number of amides is 1. The highest BCUT2D eigenvalue weighted by molar-refractivity contribution is 5.73. The van der Waals surface area contributed by atoms with Crippen LogP contribution in [0.2, 0.25) is 0 Å². The van der Waals surface area contributed by atoms with E-state index in [-0.39, 0.29) is 12.2 Å². The van der Waals surface area contributed by atoms with Gasteiger partial charge in [0.25, 0.3) is 0 Å². The van der Waals surface area contributed by atoms with E-state index >= 15 is 0 Å². The SMILES string of the molecule is COC1CN(C(=O)OC(C)(C)C)C1.COC1CNC1.O=C(O)C(F)(F)F. The summed E-state index contributed by atoms with van der Waals surface area (Å²) >= 11 is 0. The van der Waals surface area contributed by atoms with Crippen LogP contribution in [-0.2, 0) is 19.0 Å². The van der Waals surface area contributed by atoms with Gasteiger partial charge < -0.3 is 29.5 Å². The van der Waals surface area contributed by atoms with Crippen molar-refractivity contribution >= 4 is 12.1 Å². The lowest BCUT2D eigenvalue weighted by Crippen LogP contribution is -2.55. The molecule has 2 N–H and O–H groups in total. The number of carboxylic acid groups (broad SMARTS) is 1. The first kappa shape index (κ1) is 24.4. The maximum absolute atomic E-state index is 11.4. The Balaban J connectivity index is 0.000000404. The number of likely N-dealkylation sites (tertiary alicyclic amines) is 1. The zero-order chi connectivity index (χ0) is 20.5. The quantitative estimate of drug-likeness (QED) is 0.740. The van der Waals surface area contributed by atoms with Crippen molar-refractivity contribution in [1.82, 2.24) is 10.2 Å². The predicted molar refractivity (Wildman–Crippen MR) is 86.0 cm³/mol. The van der Waals surface area contributed by atoms with Crippen molar-refractivity contribution in [3.8, 4) is 0 Å². The molecule has 154 valence electrons. The molecule has 0 saturated carbocycles. The Bertz CT molecular complexity index is 441. The summed E-state index contributed by atoms with van der Waals surface area (Å²) in [4.78, 5) is 21.9. The van der Waals surface area contributed by atoms with Crippen LogP contribution in [0.1, 0.15) is 20.8 Å². The number of carboxylic acids is 1. The smallest absolute Gasteiger partial charge is 0.475 e. The number of rotatable bonds is 2. The Morgan fingerprint density at radius 2 is 1.46 bits per heavy atom. The summed E-state index contributed by atoms with van der Waals surface area (Å²) in [7, 11) is 3.39. The molecule has 0 spiro atoms. The third-order valence-corrected chi connectivity index (χ3v) is 3.15. The van der Waals surface area contributed by atoms with E-state index in [9.17, 15) is 18.0 Å². The van der Waals surface area contributed by atoms with E-state index in [1.165, 1.54) is 0 Å². The number of hydrogen-bond acceptors (Lipinski definition) is 6. The van der Waals surface area contributed by atoms with Gasteiger partial charge in [-0.05, 0) is 20.8 Å². The molecule has 0 aromatic carbocycles. The van der Waals surface area contributed by atoms with Crippen molar-refractivity contribution in [3.05, 3.63) is 0 Å². The Hall–Kier alpha value is -1.59. The van der Waals surface area contributed by atoms with Gasteiger partial charge in [-0.3, -0.25) is 0 Å². The van der Waals surface area contributed by atoms with E-state index in [4.69, 9.17) is 24.1 Å². The molecule has 2 saturated heterocycles. The summed E-state index contributed by atoms with van der Waals surface area (Å²) < 4.78 is 46.9. The number of nitrogens with one attached hydrogen (secondary N) is 1. The molecular formula is C15H27F3N2O6. The molecule has 0 atom stereocenters. The van der Waals surface area contributed by atoms with Crippen LogP contribution < -0.4 is 5.32 Å². The molecule has 2 fully saturated rings. The minimum Gasteiger partial charge on any atom is -0.475 e. The largest absolute Gasteiger partial charge is 0.490 e. The second-order valence-electron chi connectivity index (χ2n) is 6.56. The first-order valence-electron chi connectivity index (χ1n) is 7.84. The molecule has 0 bridgehead atoms. The van der Waals surface area contributed by atoms with Crippen molar-refractivity contribution in [2.45, 2.75) is 44.8 Å². The zero-order valence-electron chi connectivity index (χ0n) is 15.6. The molecule has 11 heteroatoms. The summed E-state index contributed by atoms with van der Waals surface area (Å²) in [5, 5.41) is 10.2. The number of hydrogen-bond donors (Lipinski definition) is 2. The van der Waals surface area contributed by atoms with Gasteiger partial charge in [0.05, 0.1) is 25.3 Å². The Morgan fingerprint density at radius 3 is 1.65 bits per heavy atom. The molecule has 2 heterocycles. The van der Waals surface area contributed by atoms with Crippen LogP contribution in [0.15, 0.2) is 0 Å². The highest BCUT2D eigenvalue weighted by Gasteiger charge is 2.38. The molecule has 0 radical (unpaired) electrons. The topological polar surface area (TPSA) is 97.3 Å². The standard InChI is InChI=1S/C9H17NO3.C4H9NO.C2HF3O2/c1-9(2,3)13-8(11)10-5-7(6-10)12-4;1-6-4-2-5-3-4;3-2(4,5)1(6)7/h7H,5-6H2,1-4H3;4-5H,2-3H2,1H3;(H,6,7). The van der Waals surface area contributed by atoms with Gasteiger partial charge in [-0.25, -0.2) is 9.59 Å². The zero-order valence-corrected chi connectivity index (χ0v) is 15.6. The summed E-state index contributed by atoms with van der Waals surface area (Å²) in [5.41, 5.74) is -0.407. The number of aliphatic carboxylic acids is 1. The molecule has 0 aliphatic carbocycles. The first-order valence-corrected chi connectivity index (χ1v) is 7.84. The lowest BCUT2D eigenvalue weighted by Gasteiger charge is -2.38. The lowest BCUT2D eigenvalue weighted by molar-refractivity contribution is -0.192. The fraction of sp³-hybridized carbons (Fsp3) is 0.867. The van der Waals surface area contributed by atoms with Crippen LogP contribution in [0.4, 0.5) is 18.0 Å². The highest BCUT2D eigenvalue weighted by atomic mass is 19.4. The van der Waals surface area contributed by atoms with Crippen LogP contribution in [0.25, 0.3) is 0 Å². The number of carbonyl (C=O) groups excluding carboxylic acids is 1. The van der Waals surface area contributed by atoms with Gasteiger partial charge in [-0.2, -0.15) is 13.2 Å². The molecule has 2 aliphatic rings. The predicted octanol–water partition coefficient (Wildman–Crippen LogP) is 1.49. The fourth-order valence-corrected chi connectivity index (χ4v) is 1.49. The van der Waals surface area contributed by atoms with Crippen LogP contribution in [-0.4, -0.2) is 86.5 Å². The third-order valence-electron chi connectivity index (χ3n) is 3.15. The van der Waals surface area contributed by atoms with Crippen molar-refractivity contribution in [2.24, 2.45) is 0 Å². The minimum absolute atomic E-state index is 0.188. The number of alkyl halides is 3. The molecule has 1 amide bonds. The van der Waals surface area contributed by atoms with E-state index < -0.39 is 17.7 Å². The lowest BCUT2D eigenvalue weighted by atomic mass is 10.2. The second-order valence-corrected chi connectivity index (χ2v) is 6.56. The van der Waals surface area contributed by atoms with Crippen molar-refractivity contribution in [3.63, 3.8) is 0 Å². The summed E-state index contributed by atoms with van der Waals surface area (Å²) in [6.07, 6.45) is -4.64. The van der Waals surface area contributed by atoms with Crippen LogP contribution in [0.3, 0.4) is 0 Å². The van der Waals surface area contributed by atoms with Gasteiger partial charge >= 0.3 is 18.2 Å². The van der Waals surface area contributed by atoms with Crippen LogP contribution in [0, 0.1) is 0 Å². The molecule has 0 aromatic heterocycles. The molecule has 0 aromatic rings. The Morgan fingerprint density at radius 1 is 1.04 bits per heavy atom. The van der Waals surface area contributed by atoms with E-state index in [0.29, 0.717) is 19.2 Å². The van der Waals surface area contributed by atoms with Crippen molar-refractivity contribution in [1.29, 1.82) is 0 Å². The maximum Gasteiger partial charge on any atom is 0.490 e. The minimum atomic E-state index is -5.08. The third kappa shape index (κ3) is 10.4. The summed E-state index contributed by atoms with van der Waals surface area (Å²) in [5.74, 6) is -2.76. The second kappa shape index (κ2) is 10.5. The van der Waals surface area contributed by atoms with Gasteiger partial charge in [-0.15, -0.1) is 0 Å². The number of carbonyl (C=O) groups is 2. The summed E-state index contributed by atoms with van der Waals surface area (Å²) in [6, 6.07) is 0. The average molecular weight is 388 g/mol. The summed E-state index contributed by atoms with van der Waals surface area (Å²) in [6.45, 7) is 8.94. The van der Waals surface area contributed by atoms with E-state index in [1.54, 1.807) is 19.1 Å². The Labute approximate surface area is 150 Å². The first-order chi connectivity index (χ1) is 11.8. The molecule has 0 unspecified atom stereocenters. The average Bonchev–Trinajstić information content (AvgIpc) is 2.34. The van der Waals surface area contributed by atoms with Gasteiger partial charge in [0.1, 0.15) is 5.60 Å². The molecule has 2 aliphatic heterocycles. The fourth-order valence-electron chi connectivity index (χ4n) is 1.49. The molecular weight excluding hydrogens is 361 g/mol. The number of halogens is 3. The van der Waals surface area contributed by atoms with Gasteiger partial charge in [-0.1, -0.05) is 0 Å². The van der Waals surface area contributed by atoms with Crippen molar-refractivity contribution in [2.75, 3.05) is 40.4 Å². The Kier molecular flexibility index (Phi) is 9.89. The van der Waals surface area contributed by atoms with E-state index in [2.05, 4.69) is 5.32 Å². The van der Waals surface area contributed by atoms with E-state index in [1.807, 2.05) is 20.8 Å². The van der Waals surface area contributed by atoms with Gasteiger partial charge in [0, 0.05) is 27.3 Å².